The standard InChI is InChI=1S/C25H28ClN3O3S/c1-18-8-10-21(31-2)23-24(18)33-25(27-23)29(13-5-12-28-14-16-32-17-15-28)22(30)11-9-19-6-3-4-7-20(19)26/h3-4,6-11H,5,12-17H2,1-2H3/b11-9+. The van der Waals surface area contributed by atoms with E-state index >= 15 is 0 Å². The maximum Gasteiger partial charge on any atom is 0.252 e. The second-order valence-electron chi connectivity index (χ2n) is 7.91. The minimum Gasteiger partial charge on any atom is -0.494 e. The maximum absolute atomic E-state index is 13.3. The van der Waals surface area contributed by atoms with Gasteiger partial charge in [-0.05, 0) is 42.7 Å². The van der Waals surface area contributed by atoms with Crippen molar-refractivity contribution in [1.82, 2.24) is 9.88 Å². The van der Waals surface area contributed by atoms with Crippen molar-refractivity contribution in [2.24, 2.45) is 0 Å². The van der Waals surface area contributed by atoms with Gasteiger partial charge in [0, 0.05) is 37.3 Å². The smallest absolute Gasteiger partial charge is 0.252 e. The highest BCUT2D eigenvalue weighted by atomic mass is 35.5. The van der Waals surface area contributed by atoms with Gasteiger partial charge in [-0.1, -0.05) is 47.2 Å². The van der Waals surface area contributed by atoms with Crippen LogP contribution in [-0.4, -0.2) is 62.3 Å². The average Bonchev–Trinajstić information content (AvgIpc) is 3.28. The Labute approximate surface area is 203 Å². The number of methoxy groups -OCH3 is 1. The van der Waals surface area contributed by atoms with Gasteiger partial charge in [0.05, 0.1) is 25.0 Å². The number of hydrogen-bond donors (Lipinski definition) is 0. The van der Waals surface area contributed by atoms with Crippen molar-refractivity contribution in [3.05, 3.63) is 58.6 Å². The lowest BCUT2D eigenvalue weighted by Gasteiger charge is -2.27. The van der Waals surface area contributed by atoms with Gasteiger partial charge in [-0.25, -0.2) is 4.98 Å². The predicted molar refractivity (Wildman–Crippen MR) is 136 cm³/mol. The molecule has 1 saturated heterocycles. The van der Waals surface area contributed by atoms with Crippen molar-refractivity contribution in [1.29, 1.82) is 0 Å². The summed E-state index contributed by atoms with van der Waals surface area (Å²) in [5.74, 6) is 0.595. The third kappa shape index (κ3) is 5.73. The first-order chi connectivity index (χ1) is 16.1. The Balaban J connectivity index is 1.59. The molecule has 0 atom stereocenters. The molecule has 0 bridgehead atoms. The lowest BCUT2D eigenvalue weighted by atomic mass is 10.2. The first-order valence-corrected chi connectivity index (χ1v) is 12.2. The summed E-state index contributed by atoms with van der Waals surface area (Å²) in [5, 5.41) is 1.29. The summed E-state index contributed by atoms with van der Waals surface area (Å²) in [5.41, 5.74) is 2.71. The van der Waals surface area contributed by atoms with E-state index in [1.54, 1.807) is 24.2 Å². The van der Waals surface area contributed by atoms with Crippen LogP contribution < -0.4 is 9.64 Å². The van der Waals surface area contributed by atoms with Crippen molar-refractivity contribution >= 4 is 50.3 Å². The zero-order valence-electron chi connectivity index (χ0n) is 18.9. The quantitative estimate of drug-likeness (QED) is 0.418. The molecule has 2 heterocycles. The fourth-order valence-corrected chi connectivity index (χ4v) is 5.10. The van der Waals surface area contributed by atoms with E-state index in [0.29, 0.717) is 22.4 Å². The van der Waals surface area contributed by atoms with Crippen molar-refractivity contribution < 1.29 is 14.3 Å². The molecule has 1 aliphatic rings. The number of carbonyl (C=O) groups excluding carboxylic acids is 1. The van der Waals surface area contributed by atoms with Gasteiger partial charge in [-0.2, -0.15) is 0 Å². The highest BCUT2D eigenvalue weighted by Crippen LogP contribution is 2.36. The zero-order valence-corrected chi connectivity index (χ0v) is 20.5. The van der Waals surface area contributed by atoms with Crippen molar-refractivity contribution in [3.8, 4) is 5.75 Å². The van der Waals surface area contributed by atoms with Crippen LogP contribution in [0.25, 0.3) is 16.3 Å². The van der Waals surface area contributed by atoms with Crippen LogP contribution in [0.5, 0.6) is 5.75 Å². The zero-order chi connectivity index (χ0) is 23.2. The lowest BCUT2D eigenvalue weighted by molar-refractivity contribution is -0.114. The van der Waals surface area contributed by atoms with E-state index in [0.717, 1.165) is 60.6 Å². The molecule has 8 heteroatoms. The number of fused-ring (bicyclic) bond motifs is 1. The third-order valence-corrected chi connectivity index (χ3v) is 7.24. The molecule has 0 radical (unpaired) electrons. The molecule has 1 aromatic heterocycles. The van der Waals surface area contributed by atoms with Gasteiger partial charge in [0.25, 0.3) is 5.91 Å². The maximum atomic E-state index is 13.3. The van der Waals surface area contributed by atoms with Crippen LogP contribution in [0.2, 0.25) is 5.02 Å². The molecule has 3 aromatic rings. The molecule has 6 nitrogen and oxygen atoms in total. The number of aromatic nitrogens is 1. The molecule has 0 aliphatic carbocycles. The minimum absolute atomic E-state index is 0.118. The molecule has 33 heavy (non-hydrogen) atoms. The number of carbonyl (C=O) groups is 1. The summed E-state index contributed by atoms with van der Waals surface area (Å²) in [4.78, 5) is 22.3. The fraction of sp³-hybridized carbons (Fsp3) is 0.360. The topological polar surface area (TPSA) is 54.9 Å². The molecule has 0 saturated carbocycles. The SMILES string of the molecule is COc1ccc(C)c2sc(N(CCCN3CCOCC3)C(=O)/C=C/c3ccccc3Cl)nc12. The summed E-state index contributed by atoms with van der Waals surface area (Å²) in [6, 6.07) is 11.4. The predicted octanol–water partition coefficient (Wildman–Crippen LogP) is 5.04. The molecule has 0 unspecified atom stereocenters. The number of nitrogens with zero attached hydrogens (tertiary/aromatic N) is 3. The number of anilines is 1. The highest BCUT2D eigenvalue weighted by Gasteiger charge is 2.21. The molecular formula is C25H28ClN3O3S. The van der Waals surface area contributed by atoms with Gasteiger partial charge < -0.3 is 9.47 Å². The Morgan fingerprint density at radius 3 is 2.82 bits per heavy atom. The van der Waals surface area contributed by atoms with Gasteiger partial charge in [0.1, 0.15) is 11.3 Å². The van der Waals surface area contributed by atoms with Gasteiger partial charge >= 0.3 is 0 Å². The van der Waals surface area contributed by atoms with Crippen molar-refractivity contribution in [2.75, 3.05) is 51.4 Å². The van der Waals surface area contributed by atoms with E-state index < -0.39 is 0 Å². The van der Waals surface area contributed by atoms with E-state index in [1.165, 1.54) is 11.3 Å². The number of benzene rings is 2. The number of amides is 1. The molecule has 1 aliphatic heterocycles. The Bertz CT molecular complexity index is 1140. The lowest BCUT2D eigenvalue weighted by Crippen LogP contribution is -2.39. The molecule has 1 amide bonds. The number of aryl methyl sites for hydroxylation is 1. The third-order valence-electron chi connectivity index (χ3n) is 5.68. The Morgan fingerprint density at radius 1 is 1.27 bits per heavy atom. The van der Waals surface area contributed by atoms with Gasteiger partial charge in [-0.3, -0.25) is 14.6 Å². The minimum atomic E-state index is -0.118. The second-order valence-corrected chi connectivity index (χ2v) is 9.30. The molecule has 0 spiro atoms. The first kappa shape index (κ1) is 23.7. The van der Waals surface area contributed by atoms with Crippen LogP contribution in [0, 0.1) is 6.92 Å². The molecule has 174 valence electrons. The van der Waals surface area contributed by atoms with E-state index in [9.17, 15) is 4.79 Å². The Hall–Kier alpha value is -2.45. The van der Waals surface area contributed by atoms with Crippen LogP contribution in [0.3, 0.4) is 0 Å². The summed E-state index contributed by atoms with van der Waals surface area (Å²) in [7, 11) is 1.64. The molecule has 4 rings (SSSR count). The summed E-state index contributed by atoms with van der Waals surface area (Å²) in [6.07, 6.45) is 4.18. The first-order valence-electron chi connectivity index (χ1n) is 11.0. The Kier molecular flexibility index (Phi) is 7.98. The van der Waals surface area contributed by atoms with E-state index in [2.05, 4.69) is 4.90 Å². The molecule has 0 N–H and O–H groups in total. The molecule has 1 fully saturated rings. The van der Waals surface area contributed by atoms with Gasteiger partial charge in [-0.15, -0.1) is 0 Å². The molecule has 2 aromatic carbocycles. The highest BCUT2D eigenvalue weighted by molar-refractivity contribution is 7.22. The number of hydrogen-bond acceptors (Lipinski definition) is 6. The van der Waals surface area contributed by atoms with E-state index in [1.807, 2.05) is 43.3 Å². The second kappa shape index (κ2) is 11.1. The summed E-state index contributed by atoms with van der Waals surface area (Å²) >= 11 is 7.78. The molecular weight excluding hydrogens is 458 g/mol. The van der Waals surface area contributed by atoms with E-state index in [4.69, 9.17) is 26.1 Å². The fourth-order valence-electron chi connectivity index (χ4n) is 3.82. The van der Waals surface area contributed by atoms with Crippen molar-refractivity contribution in [3.63, 3.8) is 0 Å². The normalized spacial score (nSPS) is 14.8. The van der Waals surface area contributed by atoms with Gasteiger partial charge in [0.2, 0.25) is 0 Å². The largest absolute Gasteiger partial charge is 0.494 e. The van der Waals surface area contributed by atoms with Crippen LogP contribution in [-0.2, 0) is 9.53 Å². The summed E-state index contributed by atoms with van der Waals surface area (Å²) in [6.45, 7) is 6.92. The number of thiazole rings is 1. The Morgan fingerprint density at radius 2 is 2.06 bits per heavy atom. The number of morpholine rings is 1. The van der Waals surface area contributed by atoms with E-state index in [-0.39, 0.29) is 5.91 Å². The number of ether oxygens (including phenoxy) is 2. The van der Waals surface area contributed by atoms with Crippen LogP contribution in [0.15, 0.2) is 42.5 Å². The van der Waals surface area contributed by atoms with Crippen LogP contribution >= 0.6 is 22.9 Å². The van der Waals surface area contributed by atoms with Crippen LogP contribution in [0.1, 0.15) is 17.5 Å². The number of halogens is 1. The van der Waals surface area contributed by atoms with Crippen LogP contribution in [0.4, 0.5) is 5.13 Å². The van der Waals surface area contributed by atoms with Crippen molar-refractivity contribution in [2.45, 2.75) is 13.3 Å². The average molecular weight is 486 g/mol. The monoisotopic (exact) mass is 485 g/mol. The summed E-state index contributed by atoms with van der Waals surface area (Å²) < 4.78 is 12.0. The number of rotatable bonds is 8. The van der Waals surface area contributed by atoms with Gasteiger partial charge in [0.15, 0.2) is 5.13 Å².